The van der Waals surface area contributed by atoms with Gasteiger partial charge >= 0.3 is 0 Å². The first-order valence-corrected chi connectivity index (χ1v) is 9.96. The molecule has 0 bridgehead atoms. The number of benzene rings is 1. The van der Waals surface area contributed by atoms with E-state index in [-0.39, 0.29) is 16.9 Å². The zero-order chi connectivity index (χ0) is 19.6. The monoisotopic (exact) mass is 381 g/mol. The van der Waals surface area contributed by atoms with Crippen LogP contribution in [0.25, 0.3) is 5.69 Å². The van der Waals surface area contributed by atoms with Gasteiger partial charge in [-0.15, -0.1) is 0 Å². The van der Waals surface area contributed by atoms with Crippen molar-refractivity contribution in [2.45, 2.75) is 25.7 Å². The largest absolute Gasteiger partial charge is 0.497 e. The fourth-order valence-corrected chi connectivity index (χ4v) is 3.92. The first-order chi connectivity index (χ1) is 13.6. The van der Waals surface area contributed by atoms with Crippen molar-refractivity contribution in [2.24, 2.45) is 5.41 Å². The van der Waals surface area contributed by atoms with E-state index in [2.05, 4.69) is 10.2 Å². The van der Waals surface area contributed by atoms with E-state index in [1.807, 2.05) is 0 Å². The lowest BCUT2D eigenvalue weighted by atomic mass is 10.1. The summed E-state index contributed by atoms with van der Waals surface area (Å²) >= 11 is 0. The molecular weight excluding hydrogens is 354 g/mol. The molecule has 4 rings (SSSR count). The molecule has 1 aliphatic heterocycles. The molecule has 6 heteroatoms. The van der Waals surface area contributed by atoms with Crippen molar-refractivity contribution in [3.8, 4) is 11.4 Å². The van der Waals surface area contributed by atoms with Gasteiger partial charge in [0.1, 0.15) is 5.75 Å². The predicted octanol–water partition coefficient (Wildman–Crippen LogP) is 2.45. The molecule has 2 aliphatic rings. The standard InChI is InChI=1S/C22H27N3O3/c1-28-19-7-5-18(6-8-19)25-14-17(4-9-20(25)26)21(27)23-15-22(10-11-22)16-24-12-2-3-13-24/h4-9,14H,2-3,10-13,15-16H2,1H3,(H,23,27). The topological polar surface area (TPSA) is 63.6 Å². The Morgan fingerprint density at radius 1 is 1.11 bits per heavy atom. The summed E-state index contributed by atoms with van der Waals surface area (Å²) in [6.07, 6.45) is 6.54. The Hall–Kier alpha value is -2.60. The van der Waals surface area contributed by atoms with E-state index >= 15 is 0 Å². The van der Waals surface area contributed by atoms with Gasteiger partial charge in [-0.05, 0) is 69.1 Å². The molecule has 28 heavy (non-hydrogen) atoms. The van der Waals surface area contributed by atoms with Crippen LogP contribution < -0.4 is 15.6 Å². The molecule has 2 heterocycles. The number of likely N-dealkylation sites (tertiary alicyclic amines) is 1. The number of hydrogen-bond donors (Lipinski definition) is 1. The summed E-state index contributed by atoms with van der Waals surface area (Å²) in [5, 5.41) is 3.09. The van der Waals surface area contributed by atoms with E-state index in [4.69, 9.17) is 4.74 Å². The van der Waals surface area contributed by atoms with E-state index in [1.54, 1.807) is 43.6 Å². The summed E-state index contributed by atoms with van der Waals surface area (Å²) in [4.78, 5) is 27.5. The third kappa shape index (κ3) is 4.12. The minimum absolute atomic E-state index is 0.130. The number of pyridine rings is 1. The van der Waals surface area contributed by atoms with Gasteiger partial charge in [0.25, 0.3) is 11.5 Å². The van der Waals surface area contributed by atoms with Gasteiger partial charge in [-0.25, -0.2) is 0 Å². The van der Waals surface area contributed by atoms with Crippen LogP contribution in [-0.4, -0.2) is 48.7 Å². The number of nitrogens with one attached hydrogen (secondary N) is 1. The van der Waals surface area contributed by atoms with Crippen molar-refractivity contribution < 1.29 is 9.53 Å². The molecule has 1 saturated carbocycles. The molecule has 1 aliphatic carbocycles. The fourth-order valence-electron chi connectivity index (χ4n) is 3.92. The molecule has 0 unspecified atom stereocenters. The summed E-state index contributed by atoms with van der Waals surface area (Å²) in [7, 11) is 1.60. The van der Waals surface area contributed by atoms with Crippen LogP contribution in [0.1, 0.15) is 36.0 Å². The zero-order valence-corrected chi connectivity index (χ0v) is 16.3. The molecule has 1 N–H and O–H groups in total. The van der Waals surface area contributed by atoms with Crippen LogP contribution >= 0.6 is 0 Å². The average molecular weight is 381 g/mol. The highest BCUT2D eigenvalue weighted by Gasteiger charge is 2.44. The molecule has 2 aromatic rings. The lowest BCUT2D eigenvalue weighted by Gasteiger charge is -2.23. The number of carbonyl (C=O) groups excluding carboxylic acids is 1. The van der Waals surface area contributed by atoms with E-state index < -0.39 is 0 Å². The predicted molar refractivity (Wildman–Crippen MR) is 108 cm³/mol. The molecule has 148 valence electrons. The Morgan fingerprint density at radius 3 is 2.46 bits per heavy atom. The number of carbonyl (C=O) groups is 1. The van der Waals surface area contributed by atoms with Gasteiger partial charge in [-0.1, -0.05) is 0 Å². The minimum Gasteiger partial charge on any atom is -0.497 e. The first-order valence-electron chi connectivity index (χ1n) is 9.96. The number of amides is 1. The number of aromatic nitrogens is 1. The highest BCUT2D eigenvalue weighted by molar-refractivity contribution is 5.94. The van der Waals surface area contributed by atoms with Gasteiger partial charge in [0.2, 0.25) is 0 Å². The van der Waals surface area contributed by atoms with E-state index in [1.165, 1.54) is 49.4 Å². The van der Waals surface area contributed by atoms with Gasteiger partial charge in [0.15, 0.2) is 0 Å². The maximum Gasteiger partial charge on any atom is 0.255 e. The highest BCUT2D eigenvalue weighted by atomic mass is 16.5. The van der Waals surface area contributed by atoms with Gasteiger partial charge in [0, 0.05) is 36.5 Å². The van der Waals surface area contributed by atoms with Gasteiger partial charge in [-0.3, -0.25) is 14.2 Å². The van der Waals surface area contributed by atoms with Crippen LogP contribution in [0.3, 0.4) is 0 Å². The van der Waals surface area contributed by atoms with Crippen LogP contribution in [-0.2, 0) is 0 Å². The lowest BCUT2D eigenvalue weighted by molar-refractivity contribution is 0.0939. The lowest BCUT2D eigenvalue weighted by Crippen LogP contribution is -2.37. The Kier molecular flexibility index (Phi) is 5.22. The van der Waals surface area contributed by atoms with Crippen molar-refractivity contribution in [1.29, 1.82) is 0 Å². The summed E-state index contributed by atoms with van der Waals surface area (Å²) in [6.45, 7) is 4.15. The van der Waals surface area contributed by atoms with Crippen LogP contribution in [0, 0.1) is 5.41 Å². The zero-order valence-electron chi connectivity index (χ0n) is 16.3. The second-order valence-corrected chi connectivity index (χ2v) is 7.99. The Labute approximate surface area is 165 Å². The van der Waals surface area contributed by atoms with Gasteiger partial charge in [-0.2, -0.15) is 0 Å². The maximum absolute atomic E-state index is 12.7. The van der Waals surface area contributed by atoms with E-state index in [0.717, 1.165) is 12.3 Å². The number of rotatable bonds is 7. The van der Waals surface area contributed by atoms with Crippen molar-refractivity contribution in [3.63, 3.8) is 0 Å². The maximum atomic E-state index is 12.7. The average Bonchev–Trinajstić information content (AvgIpc) is 3.29. The second kappa shape index (κ2) is 7.80. The van der Waals surface area contributed by atoms with E-state index in [0.29, 0.717) is 17.8 Å². The third-order valence-corrected chi connectivity index (χ3v) is 5.86. The van der Waals surface area contributed by atoms with Crippen LogP contribution in [0.15, 0.2) is 47.4 Å². The Balaban J connectivity index is 1.43. The number of hydrogen-bond acceptors (Lipinski definition) is 4. The molecule has 1 saturated heterocycles. The molecule has 2 fully saturated rings. The van der Waals surface area contributed by atoms with Gasteiger partial charge in [0.05, 0.1) is 12.7 Å². The van der Waals surface area contributed by atoms with Crippen LogP contribution in [0.2, 0.25) is 0 Å². The molecule has 1 amide bonds. The summed E-state index contributed by atoms with van der Waals surface area (Å²) in [5.41, 5.74) is 1.26. The molecular formula is C22H27N3O3. The Bertz CT molecular complexity index is 894. The molecule has 0 radical (unpaired) electrons. The van der Waals surface area contributed by atoms with Crippen LogP contribution in [0.5, 0.6) is 5.75 Å². The second-order valence-electron chi connectivity index (χ2n) is 7.99. The summed E-state index contributed by atoms with van der Waals surface area (Å²) < 4.78 is 6.65. The van der Waals surface area contributed by atoms with Crippen molar-refractivity contribution in [3.05, 3.63) is 58.5 Å². The SMILES string of the molecule is COc1ccc(-n2cc(C(=O)NCC3(CN4CCCC4)CC3)ccc2=O)cc1. The van der Waals surface area contributed by atoms with Crippen molar-refractivity contribution in [1.82, 2.24) is 14.8 Å². The quantitative estimate of drug-likeness (QED) is 0.800. The molecule has 1 aromatic carbocycles. The number of ether oxygens (including phenoxy) is 1. The number of methoxy groups -OCH3 is 1. The molecule has 0 spiro atoms. The molecule has 0 atom stereocenters. The highest BCUT2D eigenvalue weighted by Crippen LogP contribution is 2.46. The minimum atomic E-state index is -0.172. The van der Waals surface area contributed by atoms with Gasteiger partial charge < -0.3 is 15.0 Å². The normalized spacial score (nSPS) is 18.0. The number of nitrogens with zero attached hydrogens (tertiary/aromatic N) is 2. The third-order valence-electron chi connectivity index (χ3n) is 5.86. The Morgan fingerprint density at radius 2 is 1.82 bits per heavy atom. The van der Waals surface area contributed by atoms with Crippen molar-refractivity contribution in [2.75, 3.05) is 33.3 Å². The molecule has 1 aromatic heterocycles. The van der Waals surface area contributed by atoms with E-state index in [9.17, 15) is 9.59 Å². The summed E-state index contributed by atoms with van der Waals surface area (Å²) in [6, 6.07) is 10.2. The fraction of sp³-hybridized carbons (Fsp3) is 0.455. The van der Waals surface area contributed by atoms with Crippen LogP contribution in [0.4, 0.5) is 0 Å². The molecule has 6 nitrogen and oxygen atoms in total. The first kappa shape index (κ1) is 18.7. The van der Waals surface area contributed by atoms with Crippen molar-refractivity contribution >= 4 is 5.91 Å². The summed E-state index contributed by atoms with van der Waals surface area (Å²) in [5.74, 6) is 0.591. The smallest absolute Gasteiger partial charge is 0.255 e.